The number of hydrogen-bond acceptors (Lipinski definition) is 4. The van der Waals surface area contributed by atoms with E-state index in [1.165, 1.54) is 21.7 Å². The second-order valence-corrected chi connectivity index (χ2v) is 8.38. The number of nitrogens with zero attached hydrogens (tertiary/aromatic N) is 4. The van der Waals surface area contributed by atoms with Gasteiger partial charge >= 0.3 is 0 Å². The Morgan fingerprint density at radius 1 is 1.19 bits per heavy atom. The lowest BCUT2D eigenvalue weighted by atomic mass is 10.1. The predicted molar refractivity (Wildman–Crippen MR) is 112 cm³/mol. The van der Waals surface area contributed by atoms with Crippen molar-refractivity contribution in [1.29, 1.82) is 0 Å². The topological polar surface area (TPSA) is 80.1 Å². The van der Waals surface area contributed by atoms with Gasteiger partial charge < -0.3 is 5.32 Å². The van der Waals surface area contributed by atoms with Gasteiger partial charge in [0.1, 0.15) is 17.7 Å². The maximum absolute atomic E-state index is 14.5. The van der Waals surface area contributed by atoms with Crippen LogP contribution < -0.4 is 10.2 Å². The number of carbonyl (C=O) groups excluding carboxylic acids is 2. The minimum Gasteiger partial charge on any atom is -0.338 e. The molecule has 3 unspecified atom stereocenters. The van der Waals surface area contributed by atoms with Crippen molar-refractivity contribution in [3.05, 3.63) is 77.2 Å². The van der Waals surface area contributed by atoms with Gasteiger partial charge in [-0.1, -0.05) is 25.1 Å². The van der Waals surface area contributed by atoms with E-state index in [9.17, 15) is 18.4 Å². The largest absolute Gasteiger partial charge is 0.338 e. The van der Waals surface area contributed by atoms with E-state index < -0.39 is 17.8 Å². The Bertz CT molecular complexity index is 1210. The maximum Gasteiger partial charge on any atom is 0.275 e. The number of carbonyl (C=O) groups is 2. The number of aromatic nitrogens is 3. The molecular weight excluding hydrogens is 416 g/mol. The summed E-state index contributed by atoms with van der Waals surface area (Å²) >= 11 is 0. The van der Waals surface area contributed by atoms with Gasteiger partial charge in [-0.05, 0) is 47.1 Å². The van der Waals surface area contributed by atoms with Crippen LogP contribution >= 0.6 is 0 Å². The molecule has 2 aromatic heterocycles. The summed E-state index contributed by atoms with van der Waals surface area (Å²) in [4.78, 5) is 31.8. The second kappa shape index (κ2) is 7.51. The van der Waals surface area contributed by atoms with Crippen LogP contribution in [0.3, 0.4) is 0 Å². The minimum absolute atomic E-state index is 0.0938. The highest BCUT2D eigenvalue weighted by Crippen LogP contribution is 2.58. The van der Waals surface area contributed by atoms with Crippen LogP contribution in [0.2, 0.25) is 0 Å². The van der Waals surface area contributed by atoms with Crippen LogP contribution in [-0.2, 0) is 11.3 Å². The van der Waals surface area contributed by atoms with Gasteiger partial charge in [0.25, 0.3) is 11.8 Å². The van der Waals surface area contributed by atoms with Gasteiger partial charge in [0.2, 0.25) is 0 Å². The number of fused-ring (bicyclic) bond motifs is 3. The van der Waals surface area contributed by atoms with Gasteiger partial charge in [0.15, 0.2) is 11.5 Å². The molecule has 32 heavy (non-hydrogen) atoms. The maximum atomic E-state index is 14.5. The third-order valence-electron chi connectivity index (χ3n) is 6.40. The van der Waals surface area contributed by atoms with E-state index in [0.29, 0.717) is 11.4 Å². The Labute approximate surface area is 183 Å². The zero-order chi connectivity index (χ0) is 22.6. The molecule has 0 spiro atoms. The van der Waals surface area contributed by atoms with Crippen LogP contribution in [0.25, 0.3) is 0 Å². The van der Waals surface area contributed by atoms with Crippen molar-refractivity contribution in [3.8, 4) is 0 Å². The average molecular weight is 437 g/mol. The number of rotatable bonds is 4. The fraction of sp³-hybridized carbons (Fsp3) is 0.304. The van der Waals surface area contributed by atoms with Crippen molar-refractivity contribution >= 4 is 17.6 Å². The zero-order valence-corrected chi connectivity index (χ0v) is 17.5. The number of pyridine rings is 1. The highest BCUT2D eigenvalue weighted by atomic mass is 19.1. The molecule has 4 atom stereocenters. The van der Waals surface area contributed by atoms with Crippen LogP contribution in [-0.4, -0.2) is 39.7 Å². The predicted octanol–water partition coefficient (Wildman–Crippen LogP) is 2.73. The summed E-state index contributed by atoms with van der Waals surface area (Å²) in [6.07, 6.45) is 2.74. The number of hydrogen-bond donors (Lipinski definition) is 1. The Morgan fingerprint density at radius 3 is 2.69 bits per heavy atom. The molecule has 3 heterocycles. The van der Waals surface area contributed by atoms with E-state index in [-0.39, 0.29) is 41.7 Å². The van der Waals surface area contributed by atoms with Gasteiger partial charge in [-0.3, -0.25) is 19.2 Å². The standard InChI is InChI=1S/C23H21F2N5O2/c1-12-17-15-4-3-9-26-21(15)29(2)23(32)20(18(12)17)27-22(31)19-16(25)11-30(28-19)10-13-5-7-14(24)8-6-13/h3-9,11-12,17-18,20H,10H2,1-2H3,(H,27,31)/t12?,17?,18?,20-/m0/s1. The first-order chi connectivity index (χ1) is 15.3. The first-order valence-electron chi connectivity index (χ1n) is 10.4. The third kappa shape index (κ3) is 3.34. The Hall–Kier alpha value is -3.62. The molecule has 5 rings (SSSR count). The number of benzene rings is 1. The van der Waals surface area contributed by atoms with Gasteiger partial charge in [-0.15, -0.1) is 0 Å². The first-order valence-corrected chi connectivity index (χ1v) is 10.4. The van der Waals surface area contributed by atoms with Gasteiger partial charge in [0, 0.05) is 13.2 Å². The molecule has 1 aliphatic heterocycles. The normalized spacial score (nSPS) is 23.9. The Balaban J connectivity index is 1.37. The average Bonchev–Trinajstić information content (AvgIpc) is 3.32. The summed E-state index contributed by atoms with van der Waals surface area (Å²) in [7, 11) is 1.63. The van der Waals surface area contributed by atoms with E-state index >= 15 is 0 Å². The highest BCUT2D eigenvalue weighted by Gasteiger charge is 2.58. The minimum atomic E-state index is -0.802. The van der Waals surface area contributed by atoms with Gasteiger partial charge in [-0.25, -0.2) is 13.8 Å². The molecule has 1 aromatic carbocycles. The number of halogens is 2. The van der Waals surface area contributed by atoms with E-state index in [1.54, 1.807) is 25.4 Å². The monoisotopic (exact) mass is 437 g/mol. The van der Waals surface area contributed by atoms with E-state index in [0.717, 1.165) is 11.8 Å². The first kappa shape index (κ1) is 20.3. The SMILES string of the molecule is CC1C2c3cccnc3N(C)C(=O)[C@@H](NC(=O)c3nn(Cc4ccc(F)cc4)cc3F)C12. The van der Waals surface area contributed by atoms with Crippen molar-refractivity contribution in [2.45, 2.75) is 25.4 Å². The molecule has 0 saturated heterocycles. The number of nitrogens with one attached hydrogen (secondary N) is 1. The zero-order valence-electron chi connectivity index (χ0n) is 17.5. The van der Waals surface area contributed by atoms with Crippen LogP contribution in [0.1, 0.15) is 34.5 Å². The summed E-state index contributed by atoms with van der Waals surface area (Å²) in [5.41, 5.74) is 1.31. The number of likely N-dealkylation sites (N-methyl/N-ethyl adjacent to an activating group) is 1. The van der Waals surface area contributed by atoms with Crippen LogP contribution in [0.5, 0.6) is 0 Å². The van der Waals surface area contributed by atoms with E-state index in [2.05, 4.69) is 15.4 Å². The lowest BCUT2D eigenvalue weighted by Crippen LogP contribution is -2.49. The second-order valence-electron chi connectivity index (χ2n) is 8.38. The van der Waals surface area contributed by atoms with Crippen LogP contribution in [0.15, 0.2) is 48.8 Å². The molecule has 0 radical (unpaired) electrons. The molecule has 1 saturated carbocycles. The fourth-order valence-corrected chi connectivity index (χ4v) is 4.70. The number of amides is 2. The van der Waals surface area contributed by atoms with Crippen LogP contribution in [0, 0.1) is 23.5 Å². The Morgan fingerprint density at radius 2 is 1.94 bits per heavy atom. The summed E-state index contributed by atoms with van der Waals surface area (Å²) < 4.78 is 28.9. The summed E-state index contributed by atoms with van der Waals surface area (Å²) in [5, 5.41) is 6.77. The lowest BCUT2D eigenvalue weighted by Gasteiger charge is -2.23. The van der Waals surface area contributed by atoms with E-state index in [1.807, 2.05) is 19.1 Å². The highest BCUT2D eigenvalue weighted by molar-refractivity contribution is 6.02. The van der Waals surface area contributed by atoms with Crippen molar-refractivity contribution in [3.63, 3.8) is 0 Å². The summed E-state index contributed by atoms with van der Waals surface area (Å²) in [6.45, 7) is 2.21. The van der Waals surface area contributed by atoms with Crippen molar-refractivity contribution in [1.82, 2.24) is 20.1 Å². The Kier molecular flexibility index (Phi) is 4.76. The summed E-state index contributed by atoms with van der Waals surface area (Å²) in [5.74, 6) is -1.43. The third-order valence-corrected chi connectivity index (χ3v) is 6.40. The molecule has 2 aliphatic rings. The van der Waals surface area contributed by atoms with Gasteiger partial charge in [-0.2, -0.15) is 5.10 Å². The molecule has 0 bridgehead atoms. The molecular formula is C23H21F2N5O2. The number of anilines is 1. The molecule has 1 N–H and O–H groups in total. The lowest BCUT2D eigenvalue weighted by molar-refractivity contribution is -0.120. The van der Waals surface area contributed by atoms with Gasteiger partial charge in [0.05, 0.1) is 12.7 Å². The smallest absolute Gasteiger partial charge is 0.275 e. The molecule has 3 aromatic rings. The molecule has 164 valence electrons. The van der Waals surface area contributed by atoms with Crippen LogP contribution in [0.4, 0.5) is 14.6 Å². The van der Waals surface area contributed by atoms with Crippen molar-refractivity contribution in [2.24, 2.45) is 11.8 Å². The van der Waals surface area contributed by atoms with Crippen molar-refractivity contribution in [2.75, 3.05) is 11.9 Å². The van der Waals surface area contributed by atoms with E-state index in [4.69, 9.17) is 0 Å². The molecule has 9 heteroatoms. The van der Waals surface area contributed by atoms with Crippen molar-refractivity contribution < 1.29 is 18.4 Å². The molecule has 7 nitrogen and oxygen atoms in total. The fourth-order valence-electron chi connectivity index (χ4n) is 4.70. The summed E-state index contributed by atoms with van der Waals surface area (Å²) in [6, 6.07) is 8.72. The molecule has 1 aliphatic carbocycles. The molecule has 2 amide bonds. The molecule has 1 fully saturated rings. The quantitative estimate of drug-likeness (QED) is 0.681.